The fourth-order valence-corrected chi connectivity index (χ4v) is 3.02. The molecular weight excluding hydrogens is 274 g/mol. The van der Waals surface area contributed by atoms with Crippen LogP contribution < -0.4 is 5.32 Å². The molecule has 1 amide bonds. The summed E-state index contributed by atoms with van der Waals surface area (Å²) in [7, 11) is 0. The van der Waals surface area contributed by atoms with Crippen molar-refractivity contribution in [2.45, 2.75) is 26.3 Å². The van der Waals surface area contributed by atoms with Crippen molar-refractivity contribution in [2.24, 2.45) is 11.8 Å². The molecule has 0 aromatic carbocycles. The quantitative estimate of drug-likeness (QED) is 0.906. The lowest BCUT2D eigenvalue weighted by molar-refractivity contribution is -0.125. The lowest BCUT2D eigenvalue weighted by Crippen LogP contribution is -2.29. The predicted molar refractivity (Wildman–Crippen MR) is 65.8 cm³/mol. The van der Waals surface area contributed by atoms with Gasteiger partial charge in [-0.15, -0.1) is 11.3 Å². The van der Waals surface area contributed by atoms with Crippen molar-refractivity contribution < 1.29 is 4.79 Å². The maximum absolute atomic E-state index is 11.7. The predicted octanol–water partition coefficient (Wildman–Crippen LogP) is 3.17. The van der Waals surface area contributed by atoms with Crippen LogP contribution in [0.4, 0.5) is 0 Å². The Balaban J connectivity index is 1.79. The average molecular weight is 288 g/mol. The molecule has 1 aromatic rings. The fraction of sp³-hybridized carbons (Fsp3) is 0.545. The molecule has 1 atom stereocenters. The van der Waals surface area contributed by atoms with Gasteiger partial charge in [0.1, 0.15) is 0 Å². The summed E-state index contributed by atoms with van der Waals surface area (Å²) >= 11 is 5.07. The minimum absolute atomic E-state index is 0.188. The van der Waals surface area contributed by atoms with Crippen molar-refractivity contribution in [3.8, 4) is 0 Å². The summed E-state index contributed by atoms with van der Waals surface area (Å²) in [5.74, 6) is 1.02. The van der Waals surface area contributed by atoms with Crippen molar-refractivity contribution in [1.82, 2.24) is 5.32 Å². The SMILES string of the molecule is CC(C(=O)NCc1ccc(Br)s1)C1CC1. The highest BCUT2D eigenvalue weighted by atomic mass is 79.9. The van der Waals surface area contributed by atoms with E-state index in [0.717, 1.165) is 3.79 Å². The van der Waals surface area contributed by atoms with Gasteiger partial charge in [-0.3, -0.25) is 4.79 Å². The third-order valence-electron chi connectivity index (χ3n) is 2.81. The zero-order valence-corrected chi connectivity index (χ0v) is 11.0. The summed E-state index contributed by atoms with van der Waals surface area (Å²) in [5.41, 5.74) is 0. The van der Waals surface area contributed by atoms with E-state index in [1.54, 1.807) is 11.3 Å². The van der Waals surface area contributed by atoms with Gasteiger partial charge in [0, 0.05) is 10.8 Å². The number of amides is 1. The summed E-state index contributed by atoms with van der Waals surface area (Å²) in [4.78, 5) is 12.9. The van der Waals surface area contributed by atoms with E-state index in [4.69, 9.17) is 0 Å². The Morgan fingerprint density at radius 2 is 2.40 bits per heavy atom. The van der Waals surface area contributed by atoms with Crippen molar-refractivity contribution in [1.29, 1.82) is 0 Å². The van der Waals surface area contributed by atoms with Crippen LogP contribution in [0.3, 0.4) is 0 Å². The van der Waals surface area contributed by atoms with E-state index in [9.17, 15) is 4.79 Å². The van der Waals surface area contributed by atoms with Crippen LogP contribution >= 0.6 is 27.3 Å². The molecule has 0 bridgehead atoms. The van der Waals surface area contributed by atoms with E-state index in [2.05, 4.69) is 21.2 Å². The van der Waals surface area contributed by atoms with Crippen LogP contribution in [0.1, 0.15) is 24.6 Å². The van der Waals surface area contributed by atoms with Gasteiger partial charge >= 0.3 is 0 Å². The maximum atomic E-state index is 11.7. The molecule has 2 rings (SSSR count). The molecule has 1 saturated carbocycles. The molecule has 82 valence electrons. The second kappa shape index (κ2) is 4.66. The van der Waals surface area contributed by atoms with E-state index in [-0.39, 0.29) is 11.8 Å². The number of carbonyl (C=O) groups is 1. The number of halogens is 1. The zero-order chi connectivity index (χ0) is 10.8. The molecule has 1 unspecified atom stereocenters. The molecule has 0 spiro atoms. The number of hydrogen-bond acceptors (Lipinski definition) is 2. The minimum atomic E-state index is 0.188. The largest absolute Gasteiger partial charge is 0.351 e. The van der Waals surface area contributed by atoms with Gasteiger partial charge in [0.05, 0.1) is 10.3 Å². The Morgan fingerprint density at radius 1 is 1.67 bits per heavy atom. The summed E-state index contributed by atoms with van der Waals surface area (Å²) < 4.78 is 1.11. The van der Waals surface area contributed by atoms with Gasteiger partial charge in [-0.2, -0.15) is 0 Å². The molecule has 1 aromatic heterocycles. The van der Waals surface area contributed by atoms with E-state index >= 15 is 0 Å². The molecular formula is C11H14BrNOS. The number of hydrogen-bond donors (Lipinski definition) is 1. The lowest BCUT2D eigenvalue weighted by atomic mass is 10.1. The first-order valence-corrected chi connectivity index (χ1v) is 6.79. The molecule has 1 N–H and O–H groups in total. The minimum Gasteiger partial charge on any atom is -0.351 e. The number of nitrogens with one attached hydrogen (secondary N) is 1. The van der Waals surface area contributed by atoms with Gasteiger partial charge in [-0.25, -0.2) is 0 Å². The molecule has 0 radical (unpaired) electrons. The Bertz CT molecular complexity index is 359. The highest BCUT2D eigenvalue weighted by Crippen LogP contribution is 2.36. The van der Waals surface area contributed by atoms with Crippen LogP contribution in [0, 0.1) is 11.8 Å². The van der Waals surface area contributed by atoms with Gasteiger partial charge in [0.15, 0.2) is 0 Å². The second-order valence-corrected chi connectivity index (χ2v) is 6.60. The molecule has 4 heteroatoms. The van der Waals surface area contributed by atoms with Gasteiger partial charge in [0.2, 0.25) is 5.91 Å². The first-order chi connectivity index (χ1) is 7.16. The van der Waals surface area contributed by atoms with Crippen LogP contribution in [0.2, 0.25) is 0 Å². The van der Waals surface area contributed by atoms with Crippen LogP contribution in [-0.4, -0.2) is 5.91 Å². The Labute approximate surface area is 102 Å². The highest BCUT2D eigenvalue weighted by Gasteiger charge is 2.32. The molecule has 1 aliphatic carbocycles. The van der Waals surface area contributed by atoms with Gasteiger partial charge in [-0.05, 0) is 46.8 Å². The summed E-state index contributed by atoms with van der Waals surface area (Å²) in [6.45, 7) is 2.68. The van der Waals surface area contributed by atoms with E-state index in [0.29, 0.717) is 12.5 Å². The number of thiophene rings is 1. The van der Waals surface area contributed by atoms with Crippen molar-refractivity contribution in [2.75, 3.05) is 0 Å². The van der Waals surface area contributed by atoms with Gasteiger partial charge < -0.3 is 5.32 Å². The van der Waals surface area contributed by atoms with E-state index in [1.165, 1.54) is 17.7 Å². The van der Waals surface area contributed by atoms with Crippen molar-refractivity contribution in [3.05, 3.63) is 20.8 Å². The number of carbonyl (C=O) groups excluding carboxylic acids is 1. The van der Waals surface area contributed by atoms with Crippen molar-refractivity contribution >= 4 is 33.2 Å². The standard InChI is InChI=1S/C11H14BrNOS/c1-7(8-2-3-8)11(14)13-6-9-4-5-10(12)15-9/h4-5,7-8H,2-3,6H2,1H3,(H,13,14). The van der Waals surface area contributed by atoms with Crippen LogP contribution in [-0.2, 0) is 11.3 Å². The fourth-order valence-electron chi connectivity index (χ4n) is 1.59. The Kier molecular flexibility index (Phi) is 3.46. The first-order valence-electron chi connectivity index (χ1n) is 5.19. The molecule has 1 aliphatic rings. The Morgan fingerprint density at radius 3 is 2.93 bits per heavy atom. The lowest BCUT2D eigenvalue weighted by Gasteiger charge is -2.09. The van der Waals surface area contributed by atoms with Gasteiger partial charge in [0.25, 0.3) is 0 Å². The second-order valence-electron chi connectivity index (χ2n) is 4.05. The van der Waals surface area contributed by atoms with Crippen molar-refractivity contribution in [3.63, 3.8) is 0 Å². The average Bonchev–Trinajstić information content (AvgIpc) is 2.98. The monoisotopic (exact) mass is 287 g/mol. The van der Waals surface area contributed by atoms with Crippen LogP contribution in [0.5, 0.6) is 0 Å². The topological polar surface area (TPSA) is 29.1 Å². The van der Waals surface area contributed by atoms with Gasteiger partial charge in [-0.1, -0.05) is 6.92 Å². The number of rotatable bonds is 4. The molecule has 0 saturated heterocycles. The van der Waals surface area contributed by atoms with E-state index < -0.39 is 0 Å². The summed E-state index contributed by atoms with van der Waals surface area (Å²) in [6.07, 6.45) is 2.44. The van der Waals surface area contributed by atoms with E-state index in [1.807, 2.05) is 19.1 Å². The normalized spacial score (nSPS) is 17.5. The third kappa shape index (κ3) is 3.05. The summed E-state index contributed by atoms with van der Waals surface area (Å²) in [5, 5.41) is 2.98. The Hall–Kier alpha value is -0.350. The maximum Gasteiger partial charge on any atom is 0.223 e. The molecule has 1 heterocycles. The zero-order valence-electron chi connectivity index (χ0n) is 8.63. The highest BCUT2D eigenvalue weighted by molar-refractivity contribution is 9.11. The molecule has 0 aliphatic heterocycles. The third-order valence-corrected chi connectivity index (χ3v) is 4.43. The van der Waals surface area contributed by atoms with Crippen LogP contribution in [0.15, 0.2) is 15.9 Å². The van der Waals surface area contributed by atoms with Crippen LogP contribution in [0.25, 0.3) is 0 Å². The molecule has 1 fully saturated rings. The first kappa shape index (κ1) is 11.1. The summed E-state index contributed by atoms with van der Waals surface area (Å²) in [6, 6.07) is 4.05. The molecule has 15 heavy (non-hydrogen) atoms. The smallest absolute Gasteiger partial charge is 0.223 e. The molecule has 2 nitrogen and oxygen atoms in total.